The summed E-state index contributed by atoms with van der Waals surface area (Å²) in [5, 5.41) is 3.41. The molecule has 1 aliphatic carbocycles. The highest BCUT2D eigenvalue weighted by atomic mass is 15.0. The maximum atomic E-state index is 3.41. The first-order valence-corrected chi connectivity index (χ1v) is 5.05. The lowest BCUT2D eigenvalue weighted by atomic mass is 9.79. The molecule has 1 spiro atoms. The molecule has 2 fully saturated rings. The third-order valence-electron chi connectivity index (χ3n) is 3.50. The van der Waals surface area contributed by atoms with Gasteiger partial charge < -0.3 is 5.32 Å². The molecule has 0 bridgehead atoms. The Morgan fingerprint density at radius 1 is 1.45 bits per heavy atom. The predicted octanol–water partition coefficient (Wildman–Crippen LogP) is 2.18. The highest BCUT2D eigenvalue weighted by Gasteiger charge is 2.42. The maximum absolute atomic E-state index is 3.41. The zero-order chi connectivity index (χ0) is 7.73. The number of nitrogens with one attached hydrogen (secondary N) is 1. The van der Waals surface area contributed by atoms with Crippen molar-refractivity contribution in [2.45, 2.75) is 39.0 Å². The van der Waals surface area contributed by atoms with Crippen LogP contribution < -0.4 is 5.32 Å². The second kappa shape index (κ2) is 2.78. The molecular weight excluding hydrogens is 134 g/mol. The third kappa shape index (κ3) is 1.31. The van der Waals surface area contributed by atoms with Crippen LogP contribution in [0.15, 0.2) is 0 Å². The molecule has 0 amide bonds. The van der Waals surface area contributed by atoms with Crippen LogP contribution in [0.25, 0.3) is 0 Å². The van der Waals surface area contributed by atoms with Gasteiger partial charge in [0.15, 0.2) is 0 Å². The summed E-state index contributed by atoms with van der Waals surface area (Å²) in [6.07, 6.45) is 7.39. The van der Waals surface area contributed by atoms with Crippen molar-refractivity contribution < 1.29 is 0 Å². The summed E-state index contributed by atoms with van der Waals surface area (Å²) < 4.78 is 0. The summed E-state index contributed by atoms with van der Waals surface area (Å²) in [4.78, 5) is 0. The average molecular weight is 153 g/mol. The molecule has 0 radical (unpaired) electrons. The molecule has 2 aliphatic rings. The lowest BCUT2D eigenvalue weighted by Crippen LogP contribution is -2.51. The van der Waals surface area contributed by atoms with Gasteiger partial charge in [0.2, 0.25) is 0 Å². The van der Waals surface area contributed by atoms with E-state index >= 15 is 0 Å². The molecule has 1 atom stereocenters. The minimum absolute atomic E-state index is 0.778. The van der Waals surface area contributed by atoms with Gasteiger partial charge in [-0.2, -0.15) is 0 Å². The molecule has 0 aromatic heterocycles. The SMILES string of the molecule is CCCC1CCC2(CNC2)C1. The lowest BCUT2D eigenvalue weighted by Gasteiger charge is -2.39. The summed E-state index contributed by atoms with van der Waals surface area (Å²) in [5.41, 5.74) is 0.778. The van der Waals surface area contributed by atoms with Crippen LogP contribution in [0.4, 0.5) is 0 Å². The van der Waals surface area contributed by atoms with E-state index in [2.05, 4.69) is 12.2 Å². The molecule has 64 valence electrons. The fraction of sp³-hybridized carbons (Fsp3) is 1.00. The molecular formula is C10H19N. The van der Waals surface area contributed by atoms with Crippen molar-refractivity contribution >= 4 is 0 Å². The minimum atomic E-state index is 0.778. The summed E-state index contributed by atoms with van der Waals surface area (Å²) in [5.74, 6) is 1.07. The Morgan fingerprint density at radius 2 is 2.27 bits per heavy atom. The Kier molecular flexibility index (Phi) is 1.92. The average Bonchev–Trinajstić information content (AvgIpc) is 2.32. The quantitative estimate of drug-likeness (QED) is 0.641. The van der Waals surface area contributed by atoms with Crippen LogP contribution in [0.3, 0.4) is 0 Å². The zero-order valence-electron chi connectivity index (χ0n) is 7.53. The predicted molar refractivity (Wildman–Crippen MR) is 47.6 cm³/mol. The number of hydrogen-bond acceptors (Lipinski definition) is 1. The van der Waals surface area contributed by atoms with Crippen LogP contribution >= 0.6 is 0 Å². The topological polar surface area (TPSA) is 12.0 Å². The van der Waals surface area contributed by atoms with Crippen molar-refractivity contribution in [3.8, 4) is 0 Å². The van der Waals surface area contributed by atoms with Gasteiger partial charge in [-0.05, 0) is 30.6 Å². The van der Waals surface area contributed by atoms with Crippen molar-refractivity contribution in [2.75, 3.05) is 13.1 Å². The van der Waals surface area contributed by atoms with Gasteiger partial charge in [-0.25, -0.2) is 0 Å². The first-order valence-electron chi connectivity index (χ1n) is 5.05. The summed E-state index contributed by atoms with van der Waals surface area (Å²) in [7, 11) is 0. The molecule has 1 nitrogen and oxygen atoms in total. The summed E-state index contributed by atoms with van der Waals surface area (Å²) in [6.45, 7) is 4.93. The summed E-state index contributed by atoms with van der Waals surface area (Å²) >= 11 is 0. The highest BCUT2D eigenvalue weighted by Crippen LogP contribution is 2.45. The summed E-state index contributed by atoms with van der Waals surface area (Å²) in [6, 6.07) is 0. The molecule has 11 heavy (non-hydrogen) atoms. The number of rotatable bonds is 2. The molecule has 1 heteroatoms. The van der Waals surface area contributed by atoms with Gasteiger partial charge in [0.1, 0.15) is 0 Å². The van der Waals surface area contributed by atoms with Crippen molar-refractivity contribution in [2.24, 2.45) is 11.3 Å². The van der Waals surface area contributed by atoms with Crippen LogP contribution in [-0.4, -0.2) is 13.1 Å². The van der Waals surface area contributed by atoms with Crippen molar-refractivity contribution in [1.82, 2.24) is 5.32 Å². The standard InChI is InChI=1S/C10H19N/c1-2-3-9-4-5-10(6-9)7-11-8-10/h9,11H,2-8H2,1H3. The van der Waals surface area contributed by atoms with E-state index in [1.807, 2.05) is 0 Å². The molecule has 0 aromatic rings. The first kappa shape index (κ1) is 7.60. The first-order chi connectivity index (χ1) is 5.35. The Hall–Kier alpha value is -0.0400. The minimum Gasteiger partial charge on any atom is -0.316 e. The fourth-order valence-corrected chi connectivity index (χ4v) is 2.78. The zero-order valence-corrected chi connectivity index (χ0v) is 7.53. The van der Waals surface area contributed by atoms with E-state index in [4.69, 9.17) is 0 Å². The number of hydrogen-bond donors (Lipinski definition) is 1. The Balaban J connectivity index is 1.83. The van der Waals surface area contributed by atoms with Crippen LogP contribution in [0.1, 0.15) is 39.0 Å². The smallest absolute Gasteiger partial charge is 0.00203 e. The van der Waals surface area contributed by atoms with E-state index in [9.17, 15) is 0 Å². The second-order valence-electron chi connectivity index (χ2n) is 4.50. The Morgan fingerprint density at radius 3 is 2.73 bits per heavy atom. The van der Waals surface area contributed by atoms with E-state index < -0.39 is 0 Å². The van der Waals surface area contributed by atoms with Crippen LogP contribution in [0, 0.1) is 11.3 Å². The fourth-order valence-electron chi connectivity index (χ4n) is 2.78. The van der Waals surface area contributed by atoms with Gasteiger partial charge in [-0.1, -0.05) is 19.8 Å². The normalized spacial score (nSPS) is 34.1. The lowest BCUT2D eigenvalue weighted by molar-refractivity contribution is 0.169. The third-order valence-corrected chi connectivity index (χ3v) is 3.50. The van der Waals surface area contributed by atoms with Crippen molar-refractivity contribution in [1.29, 1.82) is 0 Å². The van der Waals surface area contributed by atoms with Gasteiger partial charge >= 0.3 is 0 Å². The van der Waals surface area contributed by atoms with Gasteiger partial charge in [-0.3, -0.25) is 0 Å². The molecule has 1 aliphatic heterocycles. The van der Waals surface area contributed by atoms with Crippen LogP contribution in [-0.2, 0) is 0 Å². The van der Waals surface area contributed by atoms with Gasteiger partial charge in [0.25, 0.3) is 0 Å². The highest BCUT2D eigenvalue weighted by molar-refractivity contribution is 4.98. The molecule has 1 N–H and O–H groups in total. The van der Waals surface area contributed by atoms with E-state index in [1.165, 1.54) is 45.2 Å². The molecule has 1 saturated carbocycles. The molecule has 1 heterocycles. The van der Waals surface area contributed by atoms with Crippen molar-refractivity contribution in [3.63, 3.8) is 0 Å². The van der Waals surface area contributed by atoms with Crippen LogP contribution in [0.5, 0.6) is 0 Å². The maximum Gasteiger partial charge on any atom is 0.00203 e. The molecule has 0 aromatic carbocycles. The van der Waals surface area contributed by atoms with E-state index in [1.54, 1.807) is 0 Å². The van der Waals surface area contributed by atoms with Gasteiger partial charge in [0.05, 0.1) is 0 Å². The largest absolute Gasteiger partial charge is 0.316 e. The van der Waals surface area contributed by atoms with Gasteiger partial charge in [0, 0.05) is 13.1 Å². The van der Waals surface area contributed by atoms with Crippen LogP contribution in [0.2, 0.25) is 0 Å². The molecule has 2 rings (SSSR count). The van der Waals surface area contributed by atoms with E-state index in [0.29, 0.717) is 0 Å². The monoisotopic (exact) mass is 153 g/mol. The van der Waals surface area contributed by atoms with E-state index in [-0.39, 0.29) is 0 Å². The molecule has 1 unspecified atom stereocenters. The van der Waals surface area contributed by atoms with Gasteiger partial charge in [-0.15, -0.1) is 0 Å². The van der Waals surface area contributed by atoms with Crippen molar-refractivity contribution in [3.05, 3.63) is 0 Å². The second-order valence-corrected chi connectivity index (χ2v) is 4.50. The molecule has 1 saturated heterocycles. The van der Waals surface area contributed by atoms with E-state index in [0.717, 1.165) is 11.3 Å². The Bertz CT molecular complexity index is 138. The Labute approximate surface area is 69.6 Å².